The molecule has 0 aromatic rings. The summed E-state index contributed by atoms with van der Waals surface area (Å²) in [5.41, 5.74) is 4.75. The highest BCUT2D eigenvalue weighted by atomic mass is 14.8. The van der Waals surface area contributed by atoms with Gasteiger partial charge in [0, 0.05) is 18.2 Å². The normalized spacial score (nSPS) is 29.1. The summed E-state index contributed by atoms with van der Waals surface area (Å²) in [4.78, 5) is 4.82. The second-order valence-corrected chi connectivity index (χ2v) is 7.22. The van der Waals surface area contributed by atoms with Crippen molar-refractivity contribution in [2.45, 2.75) is 66.7 Å². The first-order chi connectivity index (χ1) is 9.00. The molecule has 2 atom stereocenters. The molecule has 1 heterocycles. The van der Waals surface area contributed by atoms with Crippen LogP contribution in [0, 0.1) is 23.7 Å². The molecule has 1 nitrogen and oxygen atoms in total. The molecular weight excluding hydrogens is 230 g/mol. The zero-order chi connectivity index (χ0) is 14.0. The maximum Gasteiger partial charge on any atom is 0.0460 e. The summed E-state index contributed by atoms with van der Waals surface area (Å²) in [6.07, 6.45) is 6.78. The molecule has 2 unspecified atom stereocenters. The molecule has 2 aliphatic rings. The zero-order valence-electron chi connectivity index (χ0n) is 13.5. The molecule has 0 radical (unpaired) electrons. The van der Waals surface area contributed by atoms with Gasteiger partial charge in [-0.3, -0.25) is 4.99 Å². The third-order valence-corrected chi connectivity index (χ3v) is 5.33. The molecule has 1 heteroatoms. The summed E-state index contributed by atoms with van der Waals surface area (Å²) in [5.74, 6) is 3.21. The lowest BCUT2D eigenvalue weighted by Gasteiger charge is -2.33. The minimum atomic E-state index is 0.717. The third kappa shape index (κ3) is 3.30. The summed E-state index contributed by atoms with van der Waals surface area (Å²) < 4.78 is 0. The number of dihydropyridines is 1. The van der Waals surface area contributed by atoms with Crippen molar-refractivity contribution in [1.82, 2.24) is 0 Å². The maximum atomic E-state index is 4.82. The van der Waals surface area contributed by atoms with Gasteiger partial charge in [0.15, 0.2) is 0 Å². The van der Waals surface area contributed by atoms with E-state index < -0.39 is 0 Å². The minimum Gasteiger partial charge on any atom is -0.289 e. The van der Waals surface area contributed by atoms with Gasteiger partial charge < -0.3 is 0 Å². The van der Waals surface area contributed by atoms with Crippen LogP contribution >= 0.6 is 0 Å². The third-order valence-electron chi connectivity index (χ3n) is 5.33. The Hall–Kier alpha value is -0.590. The first kappa shape index (κ1) is 14.8. The maximum absolute atomic E-state index is 4.82. The molecule has 2 rings (SSSR count). The lowest BCUT2D eigenvalue weighted by Crippen LogP contribution is -2.26. The van der Waals surface area contributed by atoms with Gasteiger partial charge in [0.2, 0.25) is 0 Å². The second-order valence-electron chi connectivity index (χ2n) is 7.22. The van der Waals surface area contributed by atoms with E-state index in [0.717, 1.165) is 24.3 Å². The Bertz CT molecular complexity index is 373. The lowest BCUT2D eigenvalue weighted by atomic mass is 9.74. The van der Waals surface area contributed by atoms with Crippen molar-refractivity contribution in [3.8, 4) is 0 Å². The molecule has 0 aromatic heterocycles. The van der Waals surface area contributed by atoms with E-state index in [1.165, 1.54) is 37.8 Å². The molecule has 0 saturated carbocycles. The van der Waals surface area contributed by atoms with Gasteiger partial charge in [0.25, 0.3) is 0 Å². The Balaban J connectivity index is 2.22. The van der Waals surface area contributed by atoms with Crippen molar-refractivity contribution >= 4 is 5.71 Å². The average molecular weight is 261 g/mol. The summed E-state index contributed by atoms with van der Waals surface area (Å²) in [7, 11) is 0. The second kappa shape index (κ2) is 6.24. The molecule has 0 amide bonds. The van der Waals surface area contributed by atoms with Gasteiger partial charge in [-0.2, -0.15) is 0 Å². The molecule has 0 fully saturated rings. The topological polar surface area (TPSA) is 12.4 Å². The molecule has 1 aliphatic heterocycles. The molecule has 0 spiro atoms. The fourth-order valence-corrected chi connectivity index (χ4v) is 3.88. The number of aliphatic imine (C=N–C) groups is 1. The van der Waals surface area contributed by atoms with Gasteiger partial charge in [-0.25, -0.2) is 0 Å². The van der Waals surface area contributed by atoms with Gasteiger partial charge in [0.05, 0.1) is 0 Å². The van der Waals surface area contributed by atoms with Crippen LogP contribution in [-0.4, -0.2) is 12.3 Å². The van der Waals surface area contributed by atoms with Crippen LogP contribution in [0.5, 0.6) is 0 Å². The fourth-order valence-electron chi connectivity index (χ4n) is 3.88. The van der Waals surface area contributed by atoms with E-state index >= 15 is 0 Å². The van der Waals surface area contributed by atoms with Crippen molar-refractivity contribution in [1.29, 1.82) is 0 Å². The molecule has 0 bridgehead atoms. The Kier molecular flexibility index (Phi) is 4.86. The van der Waals surface area contributed by atoms with Gasteiger partial charge in [-0.15, -0.1) is 0 Å². The van der Waals surface area contributed by atoms with Gasteiger partial charge in [-0.05, 0) is 62.4 Å². The SMILES string of the molecule is CC1=NCC(C(C)C)C2=C1CCC(C(C)C)CCC2. The Morgan fingerprint density at radius 3 is 2.37 bits per heavy atom. The van der Waals surface area contributed by atoms with Crippen LogP contribution in [-0.2, 0) is 0 Å². The van der Waals surface area contributed by atoms with Crippen LogP contribution < -0.4 is 0 Å². The van der Waals surface area contributed by atoms with Crippen molar-refractivity contribution in [3.63, 3.8) is 0 Å². The van der Waals surface area contributed by atoms with Crippen LogP contribution in [0.15, 0.2) is 16.1 Å². The van der Waals surface area contributed by atoms with Crippen molar-refractivity contribution in [2.24, 2.45) is 28.7 Å². The molecule has 19 heavy (non-hydrogen) atoms. The summed E-state index contributed by atoms with van der Waals surface area (Å²) in [6, 6.07) is 0. The van der Waals surface area contributed by atoms with Crippen molar-refractivity contribution in [2.75, 3.05) is 6.54 Å². The van der Waals surface area contributed by atoms with Crippen LogP contribution in [0.1, 0.15) is 66.7 Å². The highest BCUT2D eigenvalue weighted by molar-refractivity contribution is 5.99. The number of hydrogen-bond acceptors (Lipinski definition) is 1. The number of rotatable bonds is 2. The lowest BCUT2D eigenvalue weighted by molar-refractivity contribution is 0.316. The largest absolute Gasteiger partial charge is 0.289 e. The highest BCUT2D eigenvalue weighted by Crippen LogP contribution is 2.38. The fraction of sp³-hybridized carbons (Fsp3) is 0.833. The number of allylic oxidation sites excluding steroid dienone is 1. The van der Waals surface area contributed by atoms with Crippen molar-refractivity contribution in [3.05, 3.63) is 11.1 Å². The van der Waals surface area contributed by atoms with Gasteiger partial charge in [0.1, 0.15) is 0 Å². The van der Waals surface area contributed by atoms with E-state index in [0.29, 0.717) is 5.92 Å². The molecule has 0 N–H and O–H groups in total. The van der Waals surface area contributed by atoms with Crippen molar-refractivity contribution < 1.29 is 0 Å². The highest BCUT2D eigenvalue weighted by Gasteiger charge is 2.28. The molecule has 0 saturated heterocycles. The van der Waals surface area contributed by atoms with E-state index in [9.17, 15) is 0 Å². The first-order valence-corrected chi connectivity index (χ1v) is 8.24. The van der Waals surface area contributed by atoms with Crippen LogP contribution in [0.4, 0.5) is 0 Å². The molecular formula is C18H31N. The standard InChI is InChI=1S/C18H31N/c1-12(2)15-7-6-8-17-16(10-9-15)14(5)19-11-18(17)13(3)4/h12-13,15,18H,6-11H2,1-5H3. The van der Waals surface area contributed by atoms with Crippen LogP contribution in [0.2, 0.25) is 0 Å². The first-order valence-electron chi connectivity index (χ1n) is 8.24. The Morgan fingerprint density at radius 2 is 1.74 bits per heavy atom. The molecule has 0 aromatic carbocycles. The summed E-state index contributed by atoms with van der Waals surface area (Å²) in [6.45, 7) is 12.8. The minimum absolute atomic E-state index is 0.717. The summed E-state index contributed by atoms with van der Waals surface area (Å²) >= 11 is 0. The molecule has 1 aliphatic carbocycles. The Labute approximate surface area is 119 Å². The monoisotopic (exact) mass is 261 g/mol. The zero-order valence-corrected chi connectivity index (χ0v) is 13.5. The average Bonchev–Trinajstić information content (AvgIpc) is 2.29. The van der Waals surface area contributed by atoms with Crippen LogP contribution in [0.25, 0.3) is 0 Å². The van der Waals surface area contributed by atoms with E-state index in [2.05, 4.69) is 34.6 Å². The van der Waals surface area contributed by atoms with Gasteiger partial charge >= 0.3 is 0 Å². The smallest absolute Gasteiger partial charge is 0.0460 e. The number of hydrogen-bond donors (Lipinski definition) is 0. The Morgan fingerprint density at radius 1 is 1.00 bits per heavy atom. The van der Waals surface area contributed by atoms with Gasteiger partial charge in [-0.1, -0.05) is 33.3 Å². The van der Waals surface area contributed by atoms with E-state index in [1.807, 2.05) is 0 Å². The summed E-state index contributed by atoms with van der Waals surface area (Å²) in [5, 5.41) is 0. The molecule has 108 valence electrons. The number of nitrogens with zero attached hydrogens (tertiary/aromatic N) is 1. The van der Waals surface area contributed by atoms with Crippen LogP contribution in [0.3, 0.4) is 0 Å². The van der Waals surface area contributed by atoms with E-state index in [-0.39, 0.29) is 0 Å². The van der Waals surface area contributed by atoms with E-state index in [1.54, 1.807) is 11.1 Å². The van der Waals surface area contributed by atoms with E-state index in [4.69, 9.17) is 4.99 Å². The quantitative estimate of drug-likeness (QED) is 0.642. The predicted molar refractivity (Wildman–Crippen MR) is 84.7 cm³/mol. The predicted octanol–water partition coefficient (Wildman–Crippen LogP) is 5.27.